The van der Waals surface area contributed by atoms with Gasteiger partial charge in [-0.3, -0.25) is 9.59 Å². The van der Waals surface area contributed by atoms with Crippen LogP contribution in [0.3, 0.4) is 0 Å². The van der Waals surface area contributed by atoms with Crippen LogP contribution in [0.2, 0.25) is 0 Å². The number of nitrogens with zero attached hydrogens (tertiary/aromatic N) is 3. The molecule has 0 bridgehead atoms. The van der Waals surface area contributed by atoms with E-state index in [-0.39, 0.29) is 48.3 Å². The van der Waals surface area contributed by atoms with Crippen LogP contribution in [0.5, 0.6) is 0 Å². The Morgan fingerprint density at radius 3 is 2.64 bits per heavy atom. The molecule has 128 valence electrons. The first-order valence-electron chi connectivity index (χ1n) is 7.45. The van der Waals surface area contributed by atoms with E-state index in [4.69, 9.17) is 5.73 Å². The lowest BCUT2D eigenvalue weighted by Gasteiger charge is -2.34. The van der Waals surface area contributed by atoms with Crippen LogP contribution in [-0.4, -0.2) is 67.8 Å². The fourth-order valence-electron chi connectivity index (χ4n) is 2.42. The number of hydrogen-bond donors (Lipinski definition) is 2. The zero-order chi connectivity index (χ0) is 15.8. The minimum Gasteiger partial charge on any atom is -0.370 e. The van der Waals surface area contributed by atoms with Gasteiger partial charge in [-0.05, 0) is 25.7 Å². The quantitative estimate of drug-likeness (QED) is 0.375. The van der Waals surface area contributed by atoms with Crippen molar-refractivity contribution in [2.24, 2.45) is 16.6 Å². The normalized spacial score (nSPS) is 18.4. The smallest absolute Gasteiger partial charge is 0.243 e. The van der Waals surface area contributed by atoms with Crippen LogP contribution in [0.4, 0.5) is 0 Å². The number of nitrogens with two attached hydrogens (primary N) is 1. The van der Waals surface area contributed by atoms with Gasteiger partial charge in [0.25, 0.3) is 0 Å². The number of primary amides is 1. The lowest BCUT2D eigenvalue weighted by atomic mass is 9.95. The van der Waals surface area contributed by atoms with Gasteiger partial charge >= 0.3 is 0 Å². The van der Waals surface area contributed by atoms with E-state index in [0.717, 1.165) is 38.4 Å². The number of likely N-dealkylation sites (N-methyl/N-ethyl adjacent to an activating group) is 1. The van der Waals surface area contributed by atoms with E-state index in [2.05, 4.69) is 15.2 Å². The topological polar surface area (TPSA) is 91.0 Å². The third-order valence-electron chi connectivity index (χ3n) is 3.51. The molecule has 8 heteroatoms. The number of rotatable bonds is 5. The van der Waals surface area contributed by atoms with Crippen LogP contribution in [0, 0.1) is 5.92 Å². The van der Waals surface area contributed by atoms with Crippen molar-refractivity contribution in [2.75, 3.05) is 40.3 Å². The molecule has 0 saturated carbocycles. The van der Waals surface area contributed by atoms with E-state index >= 15 is 0 Å². The number of aliphatic imine (C=N–C) groups is 1. The predicted octanol–water partition coefficient (Wildman–Crippen LogP) is 0.246. The van der Waals surface area contributed by atoms with Crippen molar-refractivity contribution in [1.82, 2.24) is 15.1 Å². The lowest BCUT2D eigenvalue weighted by molar-refractivity contribution is -0.127. The molecule has 0 aliphatic carbocycles. The molecule has 22 heavy (non-hydrogen) atoms. The van der Waals surface area contributed by atoms with Crippen molar-refractivity contribution < 1.29 is 9.59 Å². The summed E-state index contributed by atoms with van der Waals surface area (Å²) in [6.45, 7) is 4.51. The van der Waals surface area contributed by atoms with E-state index in [1.54, 1.807) is 14.1 Å². The third kappa shape index (κ3) is 7.28. The molecule has 7 nitrogen and oxygen atoms in total. The molecule has 1 aliphatic heterocycles. The molecule has 2 amide bonds. The van der Waals surface area contributed by atoms with Crippen LogP contribution >= 0.6 is 24.0 Å². The van der Waals surface area contributed by atoms with Gasteiger partial charge in [0.1, 0.15) is 6.54 Å². The molecule has 1 atom stereocenters. The SMILES string of the molecule is CCNC(=NCC(=O)N(C)C)N1CCCC(CC(N)=O)C1.I. The van der Waals surface area contributed by atoms with Crippen LogP contribution in [0.25, 0.3) is 0 Å². The Balaban J connectivity index is 0.00000441. The molecule has 0 spiro atoms. The summed E-state index contributed by atoms with van der Waals surface area (Å²) in [4.78, 5) is 30.8. The number of guanidine groups is 1. The molecule has 0 radical (unpaired) electrons. The number of carbonyl (C=O) groups is 2. The molecule has 3 N–H and O–H groups in total. The molecule has 1 fully saturated rings. The molecule has 0 aromatic heterocycles. The van der Waals surface area contributed by atoms with Crippen molar-refractivity contribution >= 4 is 41.8 Å². The van der Waals surface area contributed by atoms with Gasteiger partial charge in [0.05, 0.1) is 0 Å². The number of carbonyl (C=O) groups excluding carboxylic acids is 2. The Morgan fingerprint density at radius 1 is 1.41 bits per heavy atom. The van der Waals surface area contributed by atoms with Crippen molar-refractivity contribution in [3.63, 3.8) is 0 Å². The van der Waals surface area contributed by atoms with E-state index in [9.17, 15) is 9.59 Å². The standard InChI is InChI=1S/C14H27N5O2.HI/c1-4-16-14(17-9-13(21)18(2)3)19-7-5-6-11(10-19)8-12(15)20;/h11H,4-10H2,1-3H3,(H2,15,20)(H,16,17);1H. The molecule has 1 rings (SSSR count). The zero-order valence-corrected chi connectivity index (χ0v) is 16.0. The first-order valence-corrected chi connectivity index (χ1v) is 7.45. The Bertz CT molecular complexity index is 401. The molecule has 0 aromatic carbocycles. The third-order valence-corrected chi connectivity index (χ3v) is 3.51. The van der Waals surface area contributed by atoms with E-state index < -0.39 is 0 Å². The zero-order valence-electron chi connectivity index (χ0n) is 13.7. The Labute approximate surface area is 149 Å². The molecular formula is C14H28IN5O2. The highest BCUT2D eigenvalue weighted by atomic mass is 127. The molecule has 1 unspecified atom stereocenters. The van der Waals surface area contributed by atoms with Gasteiger partial charge in [-0.2, -0.15) is 0 Å². The molecule has 1 saturated heterocycles. The number of nitrogens with one attached hydrogen (secondary N) is 1. The lowest BCUT2D eigenvalue weighted by Crippen LogP contribution is -2.47. The summed E-state index contributed by atoms with van der Waals surface area (Å²) in [6, 6.07) is 0. The highest BCUT2D eigenvalue weighted by Crippen LogP contribution is 2.19. The first-order chi connectivity index (χ1) is 9.93. The number of piperidine rings is 1. The molecule has 0 aromatic rings. The Hall–Kier alpha value is -1.06. The summed E-state index contributed by atoms with van der Waals surface area (Å²) >= 11 is 0. The molecule has 1 aliphatic rings. The van der Waals surface area contributed by atoms with Crippen molar-refractivity contribution in [2.45, 2.75) is 26.2 Å². The van der Waals surface area contributed by atoms with Crippen LogP contribution in [0.15, 0.2) is 4.99 Å². The maximum Gasteiger partial charge on any atom is 0.243 e. The fourth-order valence-corrected chi connectivity index (χ4v) is 2.42. The van der Waals surface area contributed by atoms with Gasteiger partial charge in [-0.15, -0.1) is 24.0 Å². The second kappa shape index (κ2) is 10.6. The minimum absolute atomic E-state index is 0. The van der Waals surface area contributed by atoms with Gasteiger partial charge in [-0.25, -0.2) is 4.99 Å². The van der Waals surface area contributed by atoms with Gasteiger partial charge in [-0.1, -0.05) is 0 Å². The highest BCUT2D eigenvalue weighted by molar-refractivity contribution is 14.0. The summed E-state index contributed by atoms with van der Waals surface area (Å²) in [5, 5.41) is 3.21. The first kappa shape index (κ1) is 20.9. The summed E-state index contributed by atoms with van der Waals surface area (Å²) in [5.41, 5.74) is 5.28. The summed E-state index contributed by atoms with van der Waals surface area (Å²) in [5.74, 6) is 0.717. The van der Waals surface area contributed by atoms with E-state index in [0.29, 0.717) is 6.42 Å². The monoisotopic (exact) mass is 425 g/mol. The van der Waals surface area contributed by atoms with Crippen LogP contribution in [0.1, 0.15) is 26.2 Å². The van der Waals surface area contributed by atoms with E-state index in [1.807, 2.05) is 6.92 Å². The largest absolute Gasteiger partial charge is 0.370 e. The maximum atomic E-state index is 11.7. The van der Waals surface area contributed by atoms with Gasteiger partial charge < -0.3 is 20.9 Å². The van der Waals surface area contributed by atoms with Crippen LogP contribution in [-0.2, 0) is 9.59 Å². The Kier molecular flexibility index (Phi) is 10.1. The van der Waals surface area contributed by atoms with Gasteiger partial charge in [0.15, 0.2) is 5.96 Å². The summed E-state index contributed by atoms with van der Waals surface area (Å²) < 4.78 is 0. The van der Waals surface area contributed by atoms with Gasteiger partial charge in [0, 0.05) is 40.2 Å². The highest BCUT2D eigenvalue weighted by Gasteiger charge is 2.23. The van der Waals surface area contributed by atoms with Gasteiger partial charge in [0.2, 0.25) is 11.8 Å². The van der Waals surface area contributed by atoms with E-state index in [1.165, 1.54) is 4.90 Å². The minimum atomic E-state index is -0.258. The molecular weight excluding hydrogens is 397 g/mol. The number of likely N-dealkylation sites (tertiary alicyclic amines) is 1. The second-order valence-electron chi connectivity index (χ2n) is 5.58. The fraction of sp³-hybridized carbons (Fsp3) is 0.786. The average Bonchev–Trinajstić information content (AvgIpc) is 2.42. The van der Waals surface area contributed by atoms with Crippen molar-refractivity contribution in [3.8, 4) is 0 Å². The van der Waals surface area contributed by atoms with Crippen LogP contribution < -0.4 is 11.1 Å². The summed E-state index contributed by atoms with van der Waals surface area (Å²) in [6.07, 6.45) is 2.42. The number of halogens is 1. The Morgan fingerprint density at radius 2 is 2.09 bits per heavy atom. The maximum absolute atomic E-state index is 11.7. The number of hydrogen-bond acceptors (Lipinski definition) is 3. The number of amides is 2. The van der Waals surface area contributed by atoms with Crippen molar-refractivity contribution in [1.29, 1.82) is 0 Å². The average molecular weight is 425 g/mol. The second-order valence-corrected chi connectivity index (χ2v) is 5.58. The molecule has 1 heterocycles. The van der Waals surface area contributed by atoms with Crippen molar-refractivity contribution in [3.05, 3.63) is 0 Å². The summed E-state index contributed by atoms with van der Waals surface area (Å²) in [7, 11) is 3.43. The predicted molar refractivity (Wildman–Crippen MR) is 98.2 cm³/mol.